The van der Waals surface area contributed by atoms with Crippen LogP contribution in [0.4, 0.5) is 0 Å². The van der Waals surface area contributed by atoms with Crippen molar-refractivity contribution in [2.24, 2.45) is 11.7 Å². The van der Waals surface area contributed by atoms with Crippen LogP contribution in [0.2, 0.25) is 0 Å². The average Bonchev–Trinajstić information content (AvgIpc) is 2.60. The molecule has 11 heteroatoms. The monoisotopic (exact) mass is 422 g/mol. The van der Waals surface area contributed by atoms with Gasteiger partial charge in [0.05, 0.1) is 6.04 Å². The Morgan fingerprint density at radius 2 is 1.63 bits per heavy atom. The van der Waals surface area contributed by atoms with Crippen molar-refractivity contribution >= 4 is 48.1 Å². The molecule has 0 saturated heterocycles. The number of hydrogen-bond donors (Lipinski definition) is 6. The van der Waals surface area contributed by atoms with Gasteiger partial charge in [0.1, 0.15) is 18.1 Å². The van der Waals surface area contributed by atoms with Gasteiger partial charge in [-0.15, -0.1) is 0 Å². The molecule has 0 aromatic heterocycles. The number of rotatable bonds is 12. The van der Waals surface area contributed by atoms with Gasteiger partial charge in [-0.1, -0.05) is 13.8 Å². The van der Waals surface area contributed by atoms with Gasteiger partial charge in [0.25, 0.3) is 0 Å². The van der Waals surface area contributed by atoms with Crippen molar-refractivity contribution in [3.05, 3.63) is 0 Å². The maximum Gasteiger partial charge on any atom is 0.326 e. The minimum atomic E-state index is -1.14. The Labute approximate surface area is 169 Å². The molecule has 0 aliphatic carbocycles. The van der Waals surface area contributed by atoms with E-state index in [2.05, 4.69) is 28.6 Å². The van der Waals surface area contributed by atoms with Gasteiger partial charge in [-0.05, 0) is 31.3 Å². The Balaban J connectivity index is 5.02. The first-order valence-electron chi connectivity index (χ1n) is 8.54. The van der Waals surface area contributed by atoms with Crippen molar-refractivity contribution in [3.8, 4) is 0 Å². The zero-order chi connectivity index (χ0) is 21.1. The number of hydrogen-bond acceptors (Lipinski definition) is 7. The second-order valence-electron chi connectivity index (χ2n) is 6.43. The number of thiol groups is 1. The topological polar surface area (TPSA) is 151 Å². The van der Waals surface area contributed by atoms with E-state index in [-0.39, 0.29) is 11.7 Å². The quantitative estimate of drug-likeness (QED) is 0.226. The lowest BCUT2D eigenvalue weighted by atomic mass is 10.0. The Hall–Kier alpha value is -1.46. The third kappa shape index (κ3) is 9.34. The predicted octanol–water partition coefficient (Wildman–Crippen LogP) is -0.788. The summed E-state index contributed by atoms with van der Waals surface area (Å²) in [5, 5.41) is 16.7. The summed E-state index contributed by atoms with van der Waals surface area (Å²) in [6.07, 6.45) is 2.17. The molecule has 3 amide bonds. The zero-order valence-corrected chi connectivity index (χ0v) is 17.7. The molecule has 0 spiro atoms. The molecular weight excluding hydrogens is 392 g/mol. The Morgan fingerprint density at radius 1 is 1.04 bits per heavy atom. The van der Waals surface area contributed by atoms with Crippen molar-refractivity contribution in [2.75, 3.05) is 17.8 Å². The van der Waals surface area contributed by atoms with Gasteiger partial charge in [0, 0.05) is 5.75 Å². The fraction of sp³-hybridized carbons (Fsp3) is 0.750. The van der Waals surface area contributed by atoms with Crippen LogP contribution in [0.15, 0.2) is 0 Å². The molecule has 9 nitrogen and oxygen atoms in total. The highest BCUT2D eigenvalue weighted by Gasteiger charge is 2.29. The summed E-state index contributed by atoms with van der Waals surface area (Å²) in [6, 6.07) is -3.73. The highest BCUT2D eigenvalue weighted by molar-refractivity contribution is 7.98. The molecule has 27 heavy (non-hydrogen) atoms. The number of carboxylic acids is 1. The molecule has 0 aromatic rings. The van der Waals surface area contributed by atoms with Crippen LogP contribution < -0.4 is 21.7 Å². The van der Waals surface area contributed by atoms with Crippen LogP contribution in [0, 0.1) is 5.92 Å². The normalized spacial score (nSPS) is 15.4. The molecule has 0 aromatic carbocycles. The number of carboxylic acid groups (broad SMARTS) is 1. The molecule has 6 N–H and O–H groups in total. The van der Waals surface area contributed by atoms with Crippen LogP contribution in [0.3, 0.4) is 0 Å². The molecule has 0 bridgehead atoms. The second-order valence-corrected chi connectivity index (χ2v) is 7.78. The van der Waals surface area contributed by atoms with E-state index >= 15 is 0 Å². The zero-order valence-electron chi connectivity index (χ0n) is 16.0. The number of carbonyl (C=O) groups excluding carboxylic acids is 3. The fourth-order valence-corrected chi connectivity index (χ4v) is 2.67. The smallest absolute Gasteiger partial charge is 0.326 e. The van der Waals surface area contributed by atoms with Crippen LogP contribution >= 0.6 is 24.4 Å². The minimum Gasteiger partial charge on any atom is -0.480 e. The van der Waals surface area contributed by atoms with Crippen molar-refractivity contribution < 1.29 is 24.3 Å². The SMILES string of the molecule is CSCCC(NC(=O)C(C)NC(=O)C(N)CS)C(=O)NC(C(=O)O)C(C)C. The number of aliphatic carboxylic acids is 1. The molecule has 4 atom stereocenters. The largest absolute Gasteiger partial charge is 0.480 e. The van der Waals surface area contributed by atoms with Crippen molar-refractivity contribution in [2.45, 2.75) is 51.4 Å². The summed E-state index contributed by atoms with van der Waals surface area (Å²) >= 11 is 5.41. The number of amides is 3. The number of thioether (sulfide) groups is 1. The summed E-state index contributed by atoms with van der Waals surface area (Å²) in [5.41, 5.74) is 5.55. The predicted molar refractivity (Wildman–Crippen MR) is 109 cm³/mol. The highest BCUT2D eigenvalue weighted by atomic mass is 32.2. The van der Waals surface area contributed by atoms with Crippen molar-refractivity contribution in [1.29, 1.82) is 0 Å². The fourth-order valence-electron chi connectivity index (χ4n) is 2.04. The van der Waals surface area contributed by atoms with E-state index in [0.717, 1.165) is 0 Å². The van der Waals surface area contributed by atoms with Crippen LogP contribution in [-0.2, 0) is 19.2 Å². The summed E-state index contributed by atoms with van der Waals surface area (Å²) in [6.45, 7) is 4.82. The van der Waals surface area contributed by atoms with E-state index in [1.54, 1.807) is 13.8 Å². The average molecular weight is 423 g/mol. The number of nitrogens with two attached hydrogens (primary N) is 1. The molecule has 0 radical (unpaired) electrons. The van der Waals surface area contributed by atoms with Crippen molar-refractivity contribution in [1.82, 2.24) is 16.0 Å². The number of carbonyl (C=O) groups is 4. The molecule has 0 heterocycles. The highest BCUT2D eigenvalue weighted by Crippen LogP contribution is 2.06. The molecule has 0 aliphatic heterocycles. The third-order valence-electron chi connectivity index (χ3n) is 3.76. The first kappa shape index (κ1) is 25.5. The molecule has 0 aliphatic rings. The molecular formula is C16H30N4O5S2. The van der Waals surface area contributed by atoms with E-state index in [0.29, 0.717) is 12.2 Å². The summed E-state index contributed by atoms with van der Waals surface area (Å²) in [5.74, 6) is -2.41. The minimum absolute atomic E-state index is 0.130. The lowest BCUT2D eigenvalue weighted by molar-refractivity contribution is -0.143. The van der Waals surface area contributed by atoms with Gasteiger partial charge in [-0.3, -0.25) is 14.4 Å². The summed E-state index contributed by atoms with van der Waals surface area (Å²) in [7, 11) is 0. The second kappa shape index (κ2) is 12.8. The molecule has 4 unspecified atom stereocenters. The van der Waals surface area contributed by atoms with Crippen molar-refractivity contribution in [3.63, 3.8) is 0 Å². The molecule has 0 fully saturated rings. The van der Waals surface area contributed by atoms with Gasteiger partial charge in [-0.2, -0.15) is 24.4 Å². The lowest BCUT2D eigenvalue weighted by Gasteiger charge is -2.24. The van der Waals surface area contributed by atoms with E-state index in [1.165, 1.54) is 18.7 Å². The van der Waals surface area contributed by atoms with E-state index in [9.17, 15) is 24.3 Å². The van der Waals surface area contributed by atoms with Gasteiger partial charge >= 0.3 is 5.97 Å². The molecule has 0 saturated carbocycles. The number of nitrogens with one attached hydrogen (secondary N) is 3. The van der Waals surface area contributed by atoms with Gasteiger partial charge in [0.2, 0.25) is 17.7 Å². The summed E-state index contributed by atoms with van der Waals surface area (Å²) in [4.78, 5) is 47.9. The Bertz CT molecular complexity index is 533. The molecule has 156 valence electrons. The first-order chi connectivity index (χ1) is 12.5. The van der Waals surface area contributed by atoms with Gasteiger partial charge < -0.3 is 26.8 Å². The maximum absolute atomic E-state index is 12.5. The van der Waals surface area contributed by atoms with Crippen LogP contribution in [0.25, 0.3) is 0 Å². The van der Waals surface area contributed by atoms with E-state index in [1.807, 2.05) is 6.26 Å². The van der Waals surface area contributed by atoms with Crippen LogP contribution in [0.5, 0.6) is 0 Å². The first-order valence-corrected chi connectivity index (χ1v) is 10.6. The standard InChI is InChI=1S/C16H30N4O5S2/c1-8(2)12(16(24)25)20-15(23)11(5-6-27-4)19-13(21)9(3)18-14(22)10(17)7-26/h8-12,26H,5-7,17H2,1-4H3,(H,18,22)(H,19,21)(H,20,23)(H,24,25). The molecule has 0 rings (SSSR count). The Kier molecular flexibility index (Phi) is 12.1. The van der Waals surface area contributed by atoms with E-state index < -0.39 is 47.9 Å². The summed E-state index contributed by atoms with van der Waals surface area (Å²) < 4.78 is 0. The van der Waals surface area contributed by atoms with Crippen LogP contribution in [-0.4, -0.2) is 70.7 Å². The Morgan fingerprint density at radius 3 is 2.07 bits per heavy atom. The van der Waals surface area contributed by atoms with E-state index in [4.69, 9.17) is 5.73 Å². The van der Waals surface area contributed by atoms with Crippen LogP contribution in [0.1, 0.15) is 27.2 Å². The third-order valence-corrected chi connectivity index (χ3v) is 4.80. The lowest BCUT2D eigenvalue weighted by Crippen LogP contribution is -2.57. The van der Waals surface area contributed by atoms with Gasteiger partial charge in [0.15, 0.2) is 0 Å². The van der Waals surface area contributed by atoms with Gasteiger partial charge in [-0.25, -0.2) is 4.79 Å². The maximum atomic E-state index is 12.5.